The van der Waals surface area contributed by atoms with Crippen molar-refractivity contribution in [3.05, 3.63) is 31.3 Å². The van der Waals surface area contributed by atoms with E-state index in [9.17, 15) is 36.3 Å². The summed E-state index contributed by atoms with van der Waals surface area (Å²) in [5.41, 5.74) is -3.30. The first-order chi connectivity index (χ1) is 12.0. The predicted octanol–water partition coefficient (Wildman–Crippen LogP) is 3.22. The van der Waals surface area contributed by atoms with Crippen LogP contribution in [0.15, 0.2) is 9.59 Å². The third-order valence-corrected chi connectivity index (χ3v) is 4.79. The molecule has 0 amide bonds. The maximum atomic E-state index is 13.4. The van der Waals surface area contributed by atoms with Crippen molar-refractivity contribution in [2.45, 2.75) is 45.5 Å². The maximum Gasteiger partial charge on any atom is 0.390 e. The monoisotopic (exact) mass is 400 g/mol. The Hall–Kier alpha value is -2.24. The second-order valence-corrected chi connectivity index (χ2v) is 6.39. The Kier molecular flexibility index (Phi) is 5.54. The van der Waals surface area contributed by atoms with E-state index in [2.05, 4.69) is 0 Å². The minimum atomic E-state index is -4.63. The Morgan fingerprint density at radius 1 is 1.19 bits per heavy atom. The van der Waals surface area contributed by atoms with Gasteiger partial charge < -0.3 is 5.11 Å². The standard InChI is InChI=1S/C14H13F5N2O4S/c1-2-4-20-10(22)7-6(9(15)16)8(12(23)24)26-11(7)21(13(20)25)5-3-14(17,18)19/h9H,2-5H2,1H3,(H,23,24). The third-order valence-electron chi connectivity index (χ3n) is 3.57. The molecule has 2 heterocycles. The van der Waals surface area contributed by atoms with E-state index in [4.69, 9.17) is 5.11 Å². The smallest absolute Gasteiger partial charge is 0.390 e. The largest absolute Gasteiger partial charge is 0.477 e. The Morgan fingerprint density at radius 3 is 2.27 bits per heavy atom. The summed E-state index contributed by atoms with van der Waals surface area (Å²) in [7, 11) is 0. The van der Waals surface area contributed by atoms with E-state index in [1.807, 2.05) is 0 Å². The van der Waals surface area contributed by atoms with Gasteiger partial charge in [-0.05, 0) is 6.42 Å². The van der Waals surface area contributed by atoms with Crippen molar-refractivity contribution in [2.75, 3.05) is 0 Å². The first-order valence-corrected chi connectivity index (χ1v) is 8.19. The van der Waals surface area contributed by atoms with Gasteiger partial charge in [-0.15, -0.1) is 11.3 Å². The molecule has 0 unspecified atom stereocenters. The summed E-state index contributed by atoms with van der Waals surface area (Å²) in [4.78, 5) is 34.7. The second kappa shape index (κ2) is 7.17. The highest BCUT2D eigenvalue weighted by molar-refractivity contribution is 7.20. The van der Waals surface area contributed by atoms with Crippen LogP contribution >= 0.6 is 11.3 Å². The average Bonchev–Trinajstić information content (AvgIpc) is 2.91. The number of halogens is 5. The summed E-state index contributed by atoms with van der Waals surface area (Å²) in [5, 5.41) is 8.37. The topological polar surface area (TPSA) is 81.3 Å². The fourth-order valence-corrected chi connectivity index (χ4v) is 3.67. The molecule has 26 heavy (non-hydrogen) atoms. The summed E-state index contributed by atoms with van der Waals surface area (Å²) >= 11 is 0.195. The number of thiophene rings is 1. The molecule has 0 aromatic carbocycles. The van der Waals surface area contributed by atoms with Gasteiger partial charge in [-0.1, -0.05) is 6.92 Å². The molecule has 6 nitrogen and oxygen atoms in total. The van der Waals surface area contributed by atoms with Crippen molar-refractivity contribution < 1.29 is 31.9 Å². The number of carbonyl (C=O) groups is 1. The minimum absolute atomic E-state index is 0.194. The van der Waals surface area contributed by atoms with Crippen molar-refractivity contribution in [1.29, 1.82) is 0 Å². The van der Waals surface area contributed by atoms with Gasteiger partial charge in [0.2, 0.25) is 0 Å². The zero-order valence-electron chi connectivity index (χ0n) is 13.3. The molecule has 0 bridgehead atoms. The van der Waals surface area contributed by atoms with Gasteiger partial charge in [-0.2, -0.15) is 13.2 Å². The van der Waals surface area contributed by atoms with Crippen molar-refractivity contribution >= 4 is 27.5 Å². The van der Waals surface area contributed by atoms with Crippen molar-refractivity contribution in [1.82, 2.24) is 9.13 Å². The van der Waals surface area contributed by atoms with Crippen LogP contribution in [0.3, 0.4) is 0 Å². The van der Waals surface area contributed by atoms with Crippen LogP contribution in [0.5, 0.6) is 0 Å². The lowest BCUT2D eigenvalue weighted by atomic mass is 10.2. The highest BCUT2D eigenvalue weighted by Crippen LogP contribution is 2.36. The van der Waals surface area contributed by atoms with Crippen molar-refractivity contribution in [3.63, 3.8) is 0 Å². The SMILES string of the molecule is CCCn1c(=O)c2c(C(F)F)c(C(=O)O)sc2n(CCC(F)(F)F)c1=O. The van der Waals surface area contributed by atoms with Crippen LogP contribution in [0.4, 0.5) is 22.0 Å². The molecule has 2 rings (SSSR count). The number of alkyl halides is 5. The van der Waals surface area contributed by atoms with Gasteiger partial charge in [0.05, 0.1) is 17.4 Å². The number of carboxylic acid groups (broad SMARTS) is 1. The first-order valence-electron chi connectivity index (χ1n) is 7.37. The van der Waals surface area contributed by atoms with E-state index in [0.717, 1.165) is 0 Å². The van der Waals surface area contributed by atoms with E-state index in [1.54, 1.807) is 6.92 Å². The van der Waals surface area contributed by atoms with Crippen LogP contribution in [0.1, 0.15) is 41.4 Å². The number of carboxylic acids is 1. The van der Waals surface area contributed by atoms with E-state index in [0.29, 0.717) is 9.13 Å². The minimum Gasteiger partial charge on any atom is -0.477 e. The lowest BCUT2D eigenvalue weighted by Crippen LogP contribution is -2.40. The van der Waals surface area contributed by atoms with Gasteiger partial charge in [-0.3, -0.25) is 13.9 Å². The molecule has 12 heteroatoms. The highest BCUT2D eigenvalue weighted by Gasteiger charge is 2.32. The summed E-state index contributed by atoms with van der Waals surface area (Å²) in [6.45, 7) is 0.478. The normalized spacial score (nSPS) is 12.3. The Balaban J connectivity index is 2.92. The number of aryl methyl sites for hydroxylation is 1. The van der Waals surface area contributed by atoms with Gasteiger partial charge in [-0.25, -0.2) is 18.4 Å². The number of aromatic nitrogens is 2. The van der Waals surface area contributed by atoms with Crippen molar-refractivity contribution in [3.8, 4) is 0 Å². The van der Waals surface area contributed by atoms with Crippen LogP contribution in [0.2, 0.25) is 0 Å². The molecule has 0 atom stereocenters. The second-order valence-electron chi connectivity index (χ2n) is 5.39. The Bertz CT molecular complexity index is 957. The molecule has 0 aliphatic rings. The lowest BCUT2D eigenvalue weighted by Gasteiger charge is -2.13. The number of fused-ring (bicyclic) bond motifs is 1. The van der Waals surface area contributed by atoms with Crippen LogP contribution in [-0.4, -0.2) is 26.4 Å². The van der Waals surface area contributed by atoms with E-state index < -0.39 is 63.4 Å². The summed E-state index contributed by atoms with van der Waals surface area (Å²) < 4.78 is 65.5. The predicted molar refractivity (Wildman–Crippen MR) is 83.2 cm³/mol. The van der Waals surface area contributed by atoms with E-state index in [-0.39, 0.29) is 24.3 Å². The van der Waals surface area contributed by atoms with Crippen LogP contribution in [0, 0.1) is 0 Å². The summed E-state index contributed by atoms with van der Waals surface area (Å²) in [6.07, 6.45) is -9.15. The molecule has 0 radical (unpaired) electrons. The quantitative estimate of drug-likeness (QED) is 0.755. The maximum absolute atomic E-state index is 13.4. The Labute approximate surface area is 146 Å². The molecule has 0 fully saturated rings. The fraction of sp³-hybridized carbons (Fsp3) is 0.500. The molecule has 2 aromatic rings. The summed E-state index contributed by atoms with van der Waals surface area (Å²) in [6, 6.07) is 0. The summed E-state index contributed by atoms with van der Waals surface area (Å²) in [5.74, 6) is -1.75. The third kappa shape index (κ3) is 3.64. The number of rotatable bonds is 6. The molecular formula is C14H13F5N2O4S. The zero-order valence-corrected chi connectivity index (χ0v) is 14.1. The number of nitrogens with zero attached hydrogens (tertiary/aromatic N) is 2. The molecular weight excluding hydrogens is 387 g/mol. The molecule has 144 valence electrons. The van der Waals surface area contributed by atoms with Crippen molar-refractivity contribution in [2.24, 2.45) is 0 Å². The first kappa shape index (κ1) is 20.1. The van der Waals surface area contributed by atoms with Gasteiger partial charge in [0, 0.05) is 13.1 Å². The number of aromatic carboxylic acids is 1. The molecule has 0 saturated heterocycles. The van der Waals surface area contributed by atoms with E-state index in [1.165, 1.54) is 0 Å². The zero-order chi connectivity index (χ0) is 19.8. The average molecular weight is 400 g/mol. The van der Waals surface area contributed by atoms with Crippen LogP contribution in [-0.2, 0) is 13.1 Å². The molecule has 0 saturated carbocycles. The molecule has 0 spiro atoms. The Morgan fingerprint density at radius 2 is 1.81 bits per heavy atom. The fourth-order valence-electron chi connectivity index (χ4n) is 2.51. The molecule has 0 aliphatic carbocycles. The highest BCUT2D eigenvalue weighted by atomic mass is 32.1. The van der Waals surface area contributed by atoms with Gasteiger partial charge >= 0.3 is 17.8 Å². The number of hydrogen-bond donors (Lipinski definition) is 1. The van der Waals surface area contributed by atoms with Gasteiger partial charge in [0.15, 0.2) is 0 Å². The van der Waals surface area contributed by atoms with Crippen LogP contribution in [0.25, 0.3) is 10.2 Å². The van der Waals surface area contributed by atoms with Crippen LogP contribution < -0.4 is 11.2 Å². The molecule has 2 aromatic heterocycles. The molecule has 0 aliphatic heterocycles. The lowest BCUT2D eigenvalue weighted by molar-refractivity contribution is -0.136. The molecule has 1 N–H and O–H groups in total. The van der Waals surface area contributed by atoms with Gasteiger partial charge in [0.1, 0.15) is 9.71 Å². The number of hydrogen-bond acceptors (Lipinski definition) is 4. The van der Waals surface area contributed by atoms with E-state index >= 15 is 0 Å². The van der Waals surface area contributed by atoms with Gasteiger partial charge in [0.25, 0.3) is 12.0 Å².